The number of hydrogen-bond donors (Lipinski definition) is 2. The van der Waals surface area contributed by atoms with E-state index < -0.39 is 0 Å². The summed E-state index contributed by atoms with van der Waals surface area (Å²) >= 11 is 0. The van der Waals surface area contributed by atoms with Crippen molar-refractivity contribution in [2.24, 2.45) is 0 Å². The average Bonchev–Trinajstić information content (AvgIpc) is 2.74. The van der Waals surface area contributed by atoms with Crippen molar-refractivity contribution in [2.75, 3.05) is 24.9 Å². The lowest BCUT2D eigenvalue weighted by Gasteiger charge is -2.12. The molecular formula is C22H23N3O3. The number of benzene rings is 2. The van der Waals surface area contributed by atoms with Gasteiger partial charge >= 0.3 is 0 Å². The Bertz CT molecular complexity index is 938. The first kappa shape index (κ1) is 19.2. The van der Waals surface area contributed by atoms with Gasteiger partial charge in [0.25, 0.3) is 5.91 Å². The number of nitrogens with zero attached hydrogens (tertiary/aromatic N) is 1. The second kappa shape index (κ2) is 8.90. The van der Waals surface area contributed by atoms with Crippen LogP contribution < -0.4 is 20.1 Å². The van der Waals surface area contributed by atoms with E-state index in [1.807, 2.05) is 42.5 Å². The molecule has 0 aliphatic rings. The Morgan fingerprint density at radius 2 is 1.79 bits per heavy atom. The van der Waals surface area contributed by atoms with Crippen LogP contribution in [0.15, 0.2) is 60.8 Å². The van der Waals surface area contributed by atoms with Crippen molar-refractivity contribution in [3.8, 4) is 11.5 Å². The molecule has 6 nitrogen and oxygen atoms in total. The molecule has 0 spiro atoms. The minimum atomic E-state index is -0.206. The van der Waals surface area contributed by atoms with Crippen LogP contribution in [0.5, 0.6) is 11.5 Å². The van der Waals surface area contributed by atoms with E-state index in [1.165, 1.54) is 11.8 Å². The second-order valence-corrected chi connectivity index (χ2v) is 6.13. The molecule has 144 valence electrons. The Morgan fingerprint density at radius 3 is 2.39 bits per heavy atom. The van der Waals surface area contributed by atoms with Crippen molar-refractivity contribution in [3.63, 3.8) is 0 Å². The van der Waals surface area contributed by atoms with Crippen LogP contribution in [0.1, 0.15) is 22.8 Å². The molecule has 1 aromatic heterocycles. The van der Waals surface area contributed by atoms with Gasteiger partial charge in [0, 0.05) is 18.0 Å². The highest BCUT2D eigenvalue weighted by Crippen LogP contribution is 2.31. The fourth-order valence-corrected chi connectivity index (χ4v) is 2.68. The van der Waals surface area contributed by atoms with E-state index in [1.54, 1.807) is 26.4 Å². The monoisotopic (exact) mass is 377 g/mol. The van der Waals surface area contributed by atoms with E-state index in [2.05, 4.69) is 22.5 Å². The van der Waals surface area contributed by atoms with Crippen molar-refractivity contribution in [2.45, 2.75) is 13.3 Å². The summed E-state index contributed by atoms with van der Waals surface area (Å²) in [5.41, 5.74) is 3.18. The standard InChI is InChI=1S/C22H23N3O3/c1-4-15-5-8-17(9-6-15)24-22(26)16-7-12-21(23-14-16)25-19-13-18(27-2)10-11-20(19)28-3/h5-14H,4H2,1-3H3,(H,23,25)(H,24,26). The number of hydrogen-bond acceptors (Lipinski definition) is 5. The first-order valence-electron chi connectivity index (χ1n) is 8.98. The molecule has 2 N–H and O–H groups in total. The minimum absolute atomic E-state index is 0.206. The van der Waals surface area contributed by atoms with Crippen LogP contribution in [0.4, 0.5) is 17.2 Å². The number of anilines is 3. The number of nitrogens with one attached hydrogen (secondary N) is 2. The first-order valence-corrected chi connectivity index (χ1v) is 8.98. The zero-order valence-electron chi connectivity index (χ0n) is 16.2. The summed E-state index contributed by atoms with van der Waals surface area (Å²) in [5, 5.41) is 6.05. The Hall–Kier alpha value is -3.54. The van der Waals surface area contributed by atoms with Gasteiger partial charge in [-0.15, -0.1) is 0 Å². The highest BCUT2D eigenvalue weighted by atomic mass is 16.5. The number of carbonyl (C=O) groups is 1. The van der Waals surface area contributed by atoms with Crippen molar-refractivity contribution in [1.29, 1.82) is 0 Å². The van der Waals surface area contributed by atoms with Gasteiger partial charge in [0.2, 0.25) is 0 Å². The molecule has 0 saturated heterocycles. The summed E-state index contributed by atoms with van der Waals surface area (Å²) in [6, 6.07) is 16.7. The predicted molar refractivity (Wildman–Crippen MR) is 111 cm³/mol. The first-order chi connectivity index (χ1) is 13.6. The van der Waals surface area contributed by atoms with E-state index >= 15 is 0 Å². The van der Waals surface area contributed by atoms with E-state index in [4.69, 9.17) is 9.47 Å². The van der Waals surface area contributed by atoms with Gasteiger partial charge in [0.15, 0.2) is 0 Å². The fourth-order valence-electron chi connectivity index (χ4n) is 2.68. The van der Waals surface area contributed by atoms with Gasteiger partial charge in [-0.05, 0) is 48.4 Å². The van der Waals surface area contributed by atoms with Crippen molar-refractivity contribution >= 4 is 23.1 Å². The van der Waals surface area contributed by atoms with Crippen LogP contribution in [0, 0.1) is 0 Å². The number of pyridine rings is 1. The quantitative estimate of drug-likeness (QED) is 0.627. The van der Waals surface area contributed by atoms with E-state index in [-0.39, 0.29) is 5.91 Å². The summed E-state index contributed by atoms with van der Waals surface area (Å²) in [6.07, 6.45) is 2.50. The molecule has 1 heterocycles. The smallest absolute Gasteiger partial charge is 0.257 e. The number of ether oxygens (including phenoxy) is 2. The molecule has 0 unspecified atom stereocenters. The van der Waals surface area contributed by atoms with E-state index in [0.29, 0.717) is 22.9 Å². The largest absolute Gasteiger partial charge is 0.497 e. The molecule has 0 atom stereocenters. The Labute approximate surface area is 164 Å². The van der Waals surface area contributed by atoms with Crippen molar-refractivity contribution in [1.82, 2.24) is 4.98 Å². The SMILES string of the molecule is CCc1ccc(NC(=O)c2ccc(Nc3cc(OC)ccc3OC)nc2)cc1. The molecule has 2 aromatic carbocycles. The number of aryl methyl sites for hydroxylation is 1. The van der Waals surface area contributed by atoms with Crippen LogP contribution in [-0.2, 0) is 6.42 Å². The summed E-state index contributed by atoms with van der Waals surface area (Å²) in [5.74, 6) is 1.76. The van der Waals surface area contributed by atoms with Crippen molar-refractivity contribution in [3.05, 3.63) is 71.9 Å². The summed E-state index contributed by atoms with van der Waals surface area (Å²) < 4.78 is 10.6. The van der Waals surface area contributed by atoms with E-state index in [0.717, 1.165) is 17.8 Å². The maximum atomic E-state index is 12.4. The highest BCUT2D eigenvalue weighted by molar-refractivity contribution is 6.04. The van der Waals surface area contributed by atoms with Gasteiger partial charge in [-0.1, -0.05) is 19.1 Å². The molecular weight excluding hydrogens is 354 g/mol. The van der Waals surface area contributed by atoms with Crippen LogP contribution >= 0.6 is 0 Å². The maximum absolute atomic E-state index is 12.4. The molecule has 1 amide bonds. The molecule has 3 rings (SSSR count). The Kier molecular flexibility index (Phi) is 6.11. The summed E-state index contributed by atoms with van der Waals surface area (Å²) in [4.78, 5) is 16.7. The zero-order chi connectivity index (χ0) is 19.9. The summed E-state index contributed by atoms with van der Waals surface area (Å²) in [6.45, 7) is 2.09. The zero-order valence-corrected chi connectivity index (χ0v) is 16.2. The van der Waals surface area contributed by atoms with Gasteiger partial charge in [0.05, 0.1) is 25.5 Å². The van der Waals surface area contributed by atoms with Gasteiger partial charge in [0.1, 0.15) is 17.3 Å². The van der Waals surface area contributed by atoms with Gasteiger partial charge in [-0.3, -0.25) is 4.79 Å². The highest BCUT2D eigenvalue weighted by Gasteiger charge is 2.09. The maximum Gasteiger partial charge on any atom is 0.257 e. The van der Waals surface area contributed by atoms with Gasteiger partial charge < -0.3 is 20.1 Å². The number of rotatable bonds is 7. The fraction of sp³-hybridized carbons (Fsp3) is 0.182. The molecule has 28 heavy (non-hydrogen) atoms. The third-order valence-electron chi connectivity index (χ3n) is 4.32. The average molecular weight is 377 g/mol. The third-order valence-corrected chi connectivity index (χ3v) is 4.32. The van der Waals surface area contributed by atoms with E-state index in [9.17, 15) is 4.79 Å². The molecule has 0 aliphatic heterocycles. The number of amides is 1. The second-order valence-electron chi connectivity index (χ2n) is 6.13. The molecule has 0 saturated carbocycles. The van der Waals surface area contributed by atoms with Gasteiger partial charge in [-0.25, -0.2) is 4.98 Å². The van der Waals surface area contributed by atoms with Crippen LogP contribution in [0.25, 0.3) is 0 Å². The topological polar surface area (TPSA) is 72.5 Å². The molecule has 0 aliphatic carbocycles. The van der Waals surface area contributed by atoms with Crippen LogP contribution in [0.3, 0.4) is 0 Å². The molecule has 0 radical (unpaired) electrons. The normalized spacial score (nSPS) is 10.2. The number of methoxy groups -OCH3 is 2. The van der Waals surface area contributed by atoms with Crippen molar-refractivity contribution < 1.29 is 14.3 Å². The lowest BCUT2D eigenvalue weighted by molar-refractivity contribution is 0.102. The molecule has 6 heteroatoms. The third kappa shape index (κ3) is 4.59. The molecule has 3 aromatic rings. The lowest BCUT2D eigenvalue weighted by Crippen LogP contribution is -2.12. The van der Waals surface area contributed by atoms with Crippen LogP contribution in [-0.4, -0.2) is 25.1 Å². The predicted octanol–water partition coefficient (Wildman–Crippen LogP) is 4.66. The molecule has 0 fully saturated rings. The number of carbonyl (C=O) groups excluding carboxylic acids is 1. The number of aromatic nitrogens is 1. The molecule has 0 bridgehead atoms. The van der Waals surface area contributed by atoms with Crippen LogP contribution in [0.2, 0.25) is 0 Å². The summed E-state index contributed by atoms with van der Waals surface area (Å²) in [7, 11) is 3.20. The lowest BCUT2D eigenvalue weighted by atomic mass is 10.1. The Balaban J connectivity index is 1.70. The Morgan fingerprint density at radius 1 is 1.00 bits per heavy atom. The minimum Gasteiger partial charge on any atom is -0.497 e. The van der Waals surface area contributed by atoms with Gasteiger partial charge in [-0.2, -0.15) is 0 Å².